The van der Waals surface area contributed by atoms with Crippen LogP contribution in [-0.2, 0) is 11.0 Å². The normalized spacial score (nSPS) is 14.2. The van der Waals surface area contributed by atoms with E-state index < -0.39 is 11.0 Å². The second-order valence-electron chi connectivity index (χ2n) is 7.01. The molecule has 1 aromatic heterocycles. The van der Waals surface area contributed by atoms with Crippen LogP contribution in [0.25, 0.3) is 0 Å². The molecular formula is C20H26N4O3S3. The molecule has 0 fully saturated rings. The number of likely N-dealkylation sites (N-methyl/N-ethyl adjacent to an activating group) is 1. The van der Waals surface area contributed by atoms with Crippen LogP contribution in [0.15, 0.2) is 41.4 Å². The number of ether oxygens (including phenoxy) is 1. The molecule has 0 aliphatic carbocycles. The van der Waals surface area contributed by atoms with E-state index in [0.29, 0.717) is 28.6 Å². The van der Waals surface area contributed by atoms with Crippen LogP contribution in [0.3, 0.4) is 0 Å². The summed E-state index contributed by atoms with van der Waals surface area (Å²) in [6, 6.07) is 8.91. The maximum absolute atomic E-state index is 12.7. The molecule has 0 saturated carbocycles. The Morgan fingerprint density at radius 1 is 1.30 bits per heavy atom. The first kappa shape index (κ1) is 22.9. The van der Waals surface area contributed by atoms with Gasteiger partial charge in [-0.3, -0.25) is 9.52 Å². The summed E-state index contributed by atoms with van der Waals surface area (Å²) in [5.74, 6) is 2.60. The van der Waals surface area contributed by atoms with Gasteiger partial charge in [0.1, 0.15) is 18.2 Å². The van der Waals surface area contributed by atoms with Gasteiger partial charge < -0.3 is 14.5 Å². The summed E-state index contributed by atoms with van der Waals surface area (Å²) in [7, 11) is 7.83. The number of pyridine rings is 1. The van der Waals surface area contributed by atoms with Crippen LogP contribution in [0.4, 0.5) is 11.5 Å². The Kier molecular flexibility index (Phi) is 8.43. The van der Waals surface area contributed by atoms with Gasteiger partial charge >= 0.3 is 0 Å². The maximum Gasteiger partial charge on any atom is 0.175 e. The standard InChI is InChI=1S/C20H26N4O3S3/c1-23(2)9-11-28-29-14-18(25)15-4-7-20(21-13-15)22-30(26)16-5-6-17-19(12-16)27-10-8-24(17)3/h4-7,12-13H,8-11,14H2,1-3H3,(H,21,22). The number of benzene rings is 1. The summed E-state index contributed by atoms with van der Waals surface area (Å²) in [6.45, 7) is 2.42. The lowest BCUT2D eigenvalue weighted by atomic mass is 10.2. The Balaban J connectivity index is 1.53. The minimum absolute atomic E-state index is 0.0356. The molecule has 0 bridgehead atoms. The largest absolute Gasteiger partial charge is 0.490 e. The molecule has 30 heavy (non-hydrogen) atoms. The molecule has 1 N–H and O–H groups in total. The Morgan fingerprint density at radius 3 is 2.87 bits per heavy atom. The van der Waals surface area contributed by atoms with Crippen LogP contribution in [0.2, 0.25) is 0 Å². The molecule has 1 unspecified atom stereocenters. The lowest BCUT2D eigenvalue weighted by Crippen LogP contribution is -2.28. The van der Waals surface area contributed by atoms with E-state index in [1.807, 2.05) is 33.3 Å². The van der Waals surface area contributed by atoms with Crippen LogP contribution >= 0.6 is 21.6 Å². The van der Waals surface area contributed by atoms with Gasteiger partial charge in [-0.2, -0.15) is 0 Å². The van der Waals surface area contributed by atoms with Crippen molar-refractivity contribution in [1.82, 2.24) is 9.88 Å². The van der Waals surface area contributed by atoms with Gasteiger partial charge in [-0.15, -0.1) is 0 Å². The monoisotopic (exact) mass is 466 g/mol. The van der Waals surface area contributed by atoms with Gasteiger partial charge in [0.15, 0.2) is 16.8 Å². The lowest BCUT2D eigenvalue weighted by molar-refractivity contribution is 0.102. The smallest absolute Gasteiger partial charge is 0.175 e. The maximum atomic E-state index is 12.7. The predicted molar refractivity (Wildman–Crippen MR) is 127 cm³/mol. The minimum atomic E-state index is -1.48. The fourth-order valence-electron chi connectivity index (χ4n) is 2.68. The molecule has 0 amide bonds. The third-order valence-corrected chi connectivity index (χ3v) is 7.74. The molecule has 162 valence electrons. The number of ketones is 1. The molecule has 0 radical (unpaired) electrons. The van der Waals surface area contributed by atoms with E-state index in [-0.39, 0.29) is 5.78 Å². The highest BCUT2D eigenvalue weighted by Crippen LogP contribution is 2.32. The zero-order chi connectivity index (χ0) is 21.5. The van der Waals surface area contributed by atoms with Crippen molar-refractivity contribution in [1.29, 1.82) is 0 Å². The summed E-state index contributed by atoms with van der Waals surface area (Å²) in [5, 5.41) is 0. The summed E-state index contributed by atoms with van der Waals surface area (Å²) in [4.78, 5) is 21.4. The third kappa shape index (κ3) is 6.37. The summed E-state index contributed by atoms with van der Waals surface area (Å²) in [5.41, 5.74) is 1.54. The van der Waals surface area contributed by atoms with Crippen molar-refractivity contribution >= 4 is 49.9 Å². The van der Waals surface area contributed by atoms with Gasteiger partial charge in [-0.25, -0.2) is 9.19 Å². The van der Waals surface area contributed by atoms with Crippen molar-refractivity contribution in [3.63, 3.8) is 0 Å². The van der Waals surface area contributed by atoms with Gasteiger partial charge in [-0.05, 0) is 38.4 Å². The van der Waals surface area contributed by atoms with Crippen molar-refractivity contribution in [3.8, 4) is 5.75 Å². The molecule has 0 saturated heterocycles. The number of rotatable bonds is 10. The molecule has 1 aliphatic rings. The fourth-order valence-corrected chi connectivity index (χ4v) is 5.58. The van der Waals surface area contributed by atoms with Crippen molar-refractivity contribution in [2.45, 2.75) is 4.90 Å². The Bertz CT molecular complexity index is 893. The SMILES string of the molecule is CN(C)CCSSCC(=O)c1ccc(NS(=O)c2ccc3c(c2)OCCN3C)nc1. The van der Waals surface area contributed by atoms with Crippen molar-refractivity contribution in [3.05, 3.63) is 42.1 Å². The number of hydrogen-bond acceptors (Lipinski definition) is 8. The zero-order valence-electron chi connectivity index (χ0n) is 17.3. The second kappa shape index (κ2) is 11.0. The highest BCUT2D eigenvalue weighted by molar-refractivity contribution is 8.76. The molecule has 2 aromatic rings. The topological polar surface area (TPSA) is 74.8 Å². The highest BCUT2D eigenvalue weighted by Gasteiger charge is 2.17. The molecule has 3 rings (SSSR count). The van der Waals surface area contributed by atoms with Crippen LogP contribution in [0.1, 0.15) is 10.4 Å². The average Bonchev–Trinajstić information content (AvgIpc) is 2.73. The zero-order valence-corrected chi connectivity index (χ0v) is 19.7. The number of anilines is 2. The quantitative estimate of drug-likeness (QED) is 0.325. The molecule has 1 atom stereocenters. The first-order valence-corrected chi connectivity index (χ1v) is 13.1. The number of nitrogens with zero attached hydrogens (tertiary/aromatic N) is 3. The summed E-state index contributed by atoms with van der Waals surface area (Å²) in [6.07, 6.45) is 1.53. The van der Waals surface area contributed by atoms with Crippen LogP contribution in [-0.4, -0.2) is 72.2 Å². The van der Waals surface area contributed by atoms with Crippen LogP contribution in [0, 0.1) is 0 Å². The van der Waals surface area contributed by atoms with E-state index in [0.717, 1.165) is 30.3 Å². The Morgan fingerprint density at radius 2 is 2.13 bits per heavy atom. The fraction of sp³-hybridized carbons (Fsp3) is 0.400. The van der Waals surface area contributed by atoms with E-state index in [4.69, 9.17) is 4.74 Å². The number of hydrogen-bond donors (Lipinski definition) is 1. The summed E-state index contributed by atoms with van der Waals surface area (Å²) < 4.78 is 21.2. The second-order valence-corrected chi connectivity index (χ2v) is 10.8. The molecule has 2 heterocycles. The Hall–Kier alpha value is -1.75. The molecule has 10 heteroatoms. The number of fused-ring (bicyclic) bond motifs is 1. The number of carbonyl (C=O) groups excluding carboxylic acids is 1. The average molecular weight is 467 g/mol. The van der Waals surface area contributed by atoms with Gasteiger partial charge in [0.25, 0.3) is 0 Å². The first-order chi connectivity index (χ1) is 14.4. The molecular weight excluding hydrogens is 440 g/mol. The van der Waals surface area contributed by atoms with Gasteiger partial charge in [0, 0.05) is 37.2 Å². The van der Waals surface area contributed by atoms with Gasteiger partial charge in [0.2, 0.25) is 0 Å². The Labute approximate surface area is 187 Å². The molecule has 1 aliphatic heterocycles. The van der Waals surface area contributed by atoms with Gasteiger partial charge in [0.05, 0.1) is 22.9 Å². The highest BCUT2D eigenvalue weighted by atomic mass is 33.1. The van der Waals surface area contributed by atoms with Crippen LogP contribution in [0.5, 0.6) is 5.75 Å². The predicted octanol–water partition coefficient (Wildman–Crippen LogP) is 3.17. The number of Topliss-reactive ketones (excluding diaryl/α,β-unsaturated/α-hetero) is 1. The lowest BCUT2D eigenvalue weighted by Gasteiger charge is -2.27. The van der Waals surface area contributed by atoms with E-state index in [9.17, 15) is 9.00 Å². The first-order valence-electron chi connectivity index (χ1n) is 9.49. The number of carbonyl (C=O) groups is 1. The van der Waals surface area contributed by atoms with Crippen LogP contribution < -0.4 is 14.4 Å². The van der Waals surface area contributed by atoms with Crippen molar-refractivity contribution in [2.75, 3.05) is 62.0 Å². The van der Waals surface area contributed by atoms with E-state index in [2.05, 4.69) is 19.5 Å². The van der Waals surface area contributed by atoms with Crippen molar-refractivity contribution in [2.24, 2.45) is 0 Å². The van der Waals surface area contributed by atoms with Crippen molar-refractivity contribution < 1.29 is 13.7 Å². The third-order valence-electron chi connectivity index (χ3n) is 4.42. The van der Waals surface area contributed by atoms with E-state index >= 15 is 0 Å². The summed E-state index contributed by atoms with van der Waals surface area (Å²) >= 11 is 0. The molecule has 1 aromatic carbocycles. The van der Waals surface area contributed by atoms with E-state index in [1.165, 1.54) is 6.20 Å². The minimum Gasteiger partial charge on any atom is -0.490 e. The van der Waals surface area contributed by atoms with Gasteiger partial charge in [-0.1, -0.05) is 21.6 Å². The number of aromatic nitrogens is 1. The molecule has 7 nitrogen and oxygen atoms in total. The number of nitrogens with one attached hydrogen (secondary N) is 1. The van der Waals surface area contributed by atoms with E-state index in [1.54, 1.807) is 39.8 Å². The molecule has 0 spiro atoms.